The van der Waals surface area contributed by atoms with Crippen LogP contribution in [0.25, 0.3) is 0 Å². The van der Waals surface area contributed by atoms with Gasteiger partial charge in [0.15, 0.2) is 0 Å². The Hall–Kier alpha value is -1.39. The summed E-state index contributed by atoms with van der Waals surface area (Å²) in [6, 6.07) is 5.85. The van der Waals surface area contributed by atoms with Gasteiger partial charge in [-0.15, -0.1) is 0 Å². The van der Waals surface area contributed by atoms with Crippen molar-refractivity contribution in [1.29, 1.82) is 0 Å². The molecule has 19 heavy (non-hydrogen) atoms. The number of benzene rings is 1. The van der Waals surface area contributed by atoms with Crippen molar-refractivity contribution < 1.29 is 4.79 Å². The summed E-state index contributed by atoms with van der Waals surface area (Å²) in [6.07, 6.45) is 0.545. The molecule has 0 radical (unpaired) electrons. The fourth-order valence-corrected chi connectivity index (χ4v) is 1.90. The second-order valence-corrected chi connectivity index (χ2v) is 5.94. The van der Waals surface area contributed by atoms with Crippen LogP contribution in [0.3, 0.4) is 0 Å². The maximum Gasteiger partial charge on any atom is 0.251 e. The van der Waals surface area contributed by atoms with E-state index in [1.807, 2.05) is 6.92 Å². The molecule has 1 rings (SSSR count). The first-order chi connectivity index (χ1) is 8.75. The Balaban J connectivity index is 2.91. The minimum absolute atomic E-state index is 0.0970. The monoisotopic (exact) mass is 263 g/mol. The largest absolute Gasteiger partial charge is 0.320 e. The average Bonchev–Trinajstić information content (AvgIpc) is 2.30. The van der Waals surface area contributed by atoms with E-state index in [0.717, 1.165) is 5.56 Å². The van der Waals surface area contributed by atoms with Crippen molar-refractivity contribution in [3.63, 3.8) is 0 Å². The van der Waals surface area contributed by atoms with E-state index >= 15 is 0 Å². The van der Waals surface area contributed by atoms with E-state index < -0.39 is 6.04 Å². The van der Waals surface area contributed by atoms with Gasteiger partial charge in [-0.2, -0.15) is 0 Å². The smallest absolute Gasteiger partial charge is 0.251 e. The van der Waals surface area contributed by atoms with Gasteiger partial charge in [0.05, 0.1) is 6.04 Å². The van der Waals surface area contributed by atoms with Crippen LogP contribution in [-0.2, 0) is 16.6 Å². The van der Waals surface area contributed by atoms with Crippen LogP contribution in [0.2, 0.25) is 0 Å². The molecule has 0 fully saturated rings. The summed E-state index contributed by atoms with van der Waals surface area (Å²) >= 11 is 0. The van der Waals surface area contributed by atoms with Crippen LogP contribution in [-0.4, -0.2) is 19.0 Å². The van der Waals surface area contributed by atoms with Gasteiger partial charge in [-0.3, -0.25) is 10.2 Å². The third-order valence-electron chi connectivity index (χ3n) is 3.24. The van der Waals surface area contributed by atoms with Crippen molar-refractivity contribution in [3.05, 3.63) is 34.9 Å². The fourth-order valence-electron chi connectivity index (χ4n) is 1.90. The third-order valence-corrected chi connectivity index (χ3v) is 3.24. The summed E-state index contributed by atoms with van der Waals surface area (Å²) in [5.41, 5.74) is 14.7. The minimum Gasteiger partial charge on any atom is -0.320 e. The molecule has 1 unspecified atom stereocenters. The highest BCUT2D eigenvalue weighted by atomic mass is 16.2. The highest BCUT2D eigenvalue weighted by Crippen LogP contribution is 2.24. The van der Waals surface area contributed by atoms with Crippen molar-refractivity contribution in [2.45, 2.75) is 45.6 Å². The van der Waals surface area contributed by atoms with Crippen LogP contribution >= 0.6 is 0 Å². The van der Waals surface area contributed by atoms with E-state index in [1.165, 1.54) is 11.1 Å². The van der Waals surface area contributed by atoms with Gasteiger partial charge >= 0.3 is 0 Å². The van der Waals surface area contributed by atoms with E-state index in [4.69, 9.17) is 5.73 Å². The quantitative estimate of drug-likeness (QED) is 0.720. The lowest BCUT2D eigenvalue weighted by molar-refractivity contribution is -0.123. The maximum absolute atomic E-state index is 11.6. The highest BCUT2D eigenvalue weighted by molar-refractivity contribution is 5.81. The molecule has 0 heterocycles. The molecule has 0 saturated carbocycles. The first kappa shape index (κ1) is 15.7. The molecule has 4 nitrogen and oxygen atoms in total. The van der Waals surface area contributed by atoms with Crippen LogP contribution in [0.15, 0.2) is 18.2 Å². The number of hydrazine groups is 1. The number of nitrogens with two attached hydrogens (primary N) is 1. The molecule has 0 saturated heterocycles. The zero-order valence-corrected chi connectivity index (χ0v) is 12.5. The van der Waals surface area contributed by atoms with Gasteiger partial charge in [-0.25, -0.2) is 5.43 Å². The molecule has 0 aliphatic rings. The molecular weight excluding hydrogens is 238 g/mol. The summed E-state index contributed by atoms with van der Waals surface area (Å²) in [5.74, 6) is -0.192. The lowest BCUT2D eigenvalue weighted by Crippen LogP contribution is -2.46. The lowest BCUT2D eigenvalue weighted by atomic mass is 9.84. The minimum atomic E-state index is -0.540. The number of hydrogen-bond donors (Lipinski definition) is 3. The van der Waals surface area contributed by atoms with Crippen LogP contribution in [0.4, 0.5) is 0 Å². The normalized spacial score (nSPS) is 13.2. The molecule has 0 aliphatic carbocycles. The number of nitrogens with one attached hydrogen (secondary N) is 2. The van der Waals surface area contributed by atoms with Gasteiger partial charge in [0.2, 0.25) is 0 Å². The number of carbonyl (C=O) groups excluding carboxylic acids is 1. The standard InChI is InChI=1S/C15H25N3O/c1-10-6-7-12(15(2,3)4)8-11(10)9-13(16)14(19)18-17-5/h6-8,13,17H,9,16H2,1-5H3,(H,18,19). The molecule has 1 amide bonds. The molecule has 0 bridgehead atoms. The van der Waals surface area contributed by atoms with E-state index in [1.54, 1.807) is 7.05 Å². The molecule has 1 aromatic carbocycles. The summed E-state index contributed by atoms with van der Waals surface area (Å²) in [6.45, 7) is 8.57. The zero-order valence-electron chi connectivity index (χ0n) is 12.5. The number of amides is 1. The Bertz CT molecular complexity index is 449. The number of aryl methyl sites for hydroxylation is 1. The molecule has 0 aromatic heterocycles. The van der Waals surface area contributed by atoms with Crippen LogP contribution in [0, 0.1) is 6.92 Å². The highest BCUT2D eigenvalue weighted by Gasteiger charge is 2.18. The molecule has 1 atom stereocenters. The van der Waals surface area contributed by atoms with Crippen LogP contribution in [0.5, 0.6) is 0 Å². The lowest BCUT2D eigenvalue weighted by Gasteiger charge is -2.21. The second kappa shape index (κ2) is 6.17. The molecule has 1 aromatic rings. The Morgan fingerprint density at radius 1 is 1.37 bits per heavy atom. The summed E-state index contributed by atoms with van der Waals surface area (Å²) in [7, 11) is 1.65. The first-order valence-electron chi connectivity index (χ1n) is 6.58. The van der Waals surface area contributed by atoms with Crippen molar-refractivity contribution >= 4 is 5.91 Å². The van der Waals surface area contributed by atoms with Gasteiger partial charge in [0, 0.05) is 7.05 Å². The molecule has 4 heteroatoms. The van der Waals surface area contributed by atoms with E-state index in [2.05, 4.69) is 49.8 Å². The predicted molar refractivity (Wildman–Crippen MR) is 78.8 cm³/mol. The first-order valence-corrected chi connectivity index (χ1v) is 6.58. The van der Waals surface area contributed by atoms with Gasteiger partial charge < -0.3 is 5.73 Å². The van der Waals surface area contributed by atoms with Gasteiger partial charge in [-0.1, -0.05) is 39.0 Å². The third kappa shape index (κ3) is 4.33. The summed E-state index contributed by atoms with van der Waals surface area (Å²) < 4.78 is 0. The van der Waals surface area contributed by atoms with Gasteiger partial charge in [0.25, 0.3) is 5.91 Å². The number of rotatable bonds is 4. The van der Waals surface area contributed by atoms with Crippen LogP contribution in [0.1, 0.15) is 37.5 Å². The van der Waals surface area contributed by atoms with Crippen molar-refractivity contribution in [3.8, 4) is 0 Å². The zero-order chi connectivity index (χ0) is 14.6. The van der Waals surface area contributed by atoms with Crippen molar-refractivity contribution in [2.75, 3.05) is 7.05 Å². The predicted octanol–water partition coefficient (Wildman–Crippen LogP) is 1.41. The topological polar surface area (TPSA) is 67.1 Å². The van der Waals surface area contributed by atoms with Crippen molar-refractivity contribution in [1.82, 2.24) is 10.9 Å². The van der Waals surface area contributed by atoms with E-state index in [-0.39, 0.29) is 11.3 Å². The molecule has 0 aliphatic heterocycles. The Morgan fingerprint density at radius 2 is 2.00 bits per heavy atom. The van der Waals surface area contributed by atoms with Gasteiger partial charge in [0.1, 0.15) is 0 Å². The maximum atomic E-state index is 11.6. The Labute approximate surface area is 115 Å². The average molecular weight is 263 g/mol. The van der Waals surface area contributed by atoms with Gasteiger partial charge in [-0.05, 0) is 35.4 Å². The van der Waals surface area contributed by atoms with E-state index in [9.17, 15) is 4.79 Å². The molecular formula is C15H25N3O. The molecule has 0 spiro atoms. The Morgan fingerprint density at radius 3 is 2.53 bits per heavy atom. The molecule has 106 valence electrons. The Kier molecular flexibility index (Phi) is 5.09. The summed E-state index contributed by atoms with van der Waals surface area (Å²) in [5, 5.41) is 0. The summed E-state index contributed by atoms with van der Waals surface area (Å²) in [4.78, 5) is 11.6. The number of hydrogen-bond acceptors (Lipinski definition) is 3. The van der Waals surface area contributed by atoms with Crippen LogP contribution < -0.4 is 16.6 Å². The molecule has 4 N–H and O–H groups in total. The second-order valence-electron chi connectivity index (χ2n) is 5.94. The number of carbonyl (C=O) groups is 1. The van der Waals surface area contributed by atoms with E-state index in [0.29, 0.717) is 6.42 Å². The SMILES string of the molecule is CNNC(=O)C(N)Cc1cc(C(C)(C)C)ccc1C. The fraction of sp³-hybridized carbons (Fsp3) is 0.533. The van der Waals surface area contributed by atoms with Crippen molar-refractivity contribution in [2.24, 2.45) is 5.73 Å².